The number of nitrogens with two attached hydrogens (primary N) is 1. The minimum atomic E-state index is 0.295. The fourth-order valence-corrected chi connectivity index (χ4v) is 5.92. The van der Waals surface area contributed by atoms with E-state index >= 15 is 0 Å². The third-order valence-electron chi connectivity index (χ3n) is 4.67. The van der Waals surface area contributed by atoms with Gasteiger partial charge in [0, 0.05) is 15.5 Å². The van der Waals surface area contributed by atoms with Gasteiger partial charge in [0.05, 0.1) is 6.04 Å². The monoisotopic (exact) mass is 316 g/mol. The summed E-state index contributed by atoms with van der Waals surface area (Å²) in [6.45, 7) is 0. The molecule has 3 N–H and O–H groups in total. The van der Waals surface area contributed by atoms with Crippen LogP contribution in [0.4, 0.5) is 0 Å². The van der Waals surface area contributed by atoms with E-state index in [9.17, 15) is 0 Å². The van der Waals surface area contributed by atoms with Gasteiger partial charge in [0.25, 0.3) is 0 Å². The van der Waals surface area contributed by atoms with Crippen molar-refractivity contribution in [1.82, 2.24) is 5.43 Å². The fourth-order valence-electron chi connectivity index (χ4n) is 3.47. The molecule has 2 aromatic rings. The maximum Gasteiger partial charge on any atom is 0.0559 e. The van der Waals surface area contributed by atoms with E-state index in [0.29, 0.717) is 12.0 Å². The zero-order valence-corrected chi connectivity index (χ0v) is 13.6. The summed E-state index contributed by atoms with van der Waals surface area (Å²) in [5.41, 5.74) is 7.64. The first-order valence-electron chi connectivity index (χ1n) is 7.58. The Labute approximate surface area is 134 Å². The summed E-state index contributed by atoms with van der Waals surface area (Å²) in [6.07, 6.45) is 3.55. The summed E-state index contributed by atoms with van der Waals surface area (Å²) in [6, 6.07) is 11.5. The van der Waals surface area contributed by atoms with Crippen molar-refractivity contribution < 1.29 is 0 Å². The molecule has 4 rings (SSSR count). The standard InChI is InChI=1S/C17H20N2S2/c18-19-15(8-12-7-11-3-1-2-4-14(11)12)17-9-13-10-20-6-5-16(13)21-17/h1-4,9,12,15,19H,5-8,10,18H2. The lowest BCUT2D eigenvalue weighted by molar-refractivity contribution is 0.440. The van der Waals surface area contributed by atoms with E-state index in [1.54, 1.807) is 10.4 Å². The van der Waals surface area contributed by atoms with Crippen LogP contribution in [-0.2, 0) is 18.6 Å². The number of nitrogens with one attached hydrogen (secondary N) is 1. The topological polar surface area (TPSA) is 38.0 Å². The van der Waals surface area contributed by atoms with Crippen LogP contribution < -0.4 is 11.3 Å². The molecule has 2 heterocycles. The number of hydrogen-bond donors (Lipinski definition) is 2. The van der Waals surface area contributed by atoms with Crippen molar-refractivity contribution in [3.8, 4) is 0 Å². The zero-order valence-electron chi connectivity index (χ0n) is 12.0. The molecule has 0 spiro atoms. The van der Waals surface area contributed by atoms with Gasteiger partial charge in [-0.05, 0) is 53.7 Å². The van der Waals surface area contributed by atoms with Crippen molar-refractivity contribution in [2.45, 2.75) is 37.0 Å². The van der Waals surface area contributed by atoms with E-state index in [0.717, 1.165) is 6.42 Å². The number of thioether (sulfide) groups is 1. The second-order valence-electron chi connectivity index (χ2n) is 5.95. The van der Waals surface area contributed by atoms with Crippen molar-refractivity contribution in [2.24, 2.45) is 5.84 Å². The quantitative estimate of drug-likeness (QED) is 0.666. The van der Waals surface area contributed by atoms with E-state index in [1.807, 2.05) is 23.1 Å². The molecule has 0 amide bonds. The summed E-state index contributed by atoms with van der Waals surface area (Å²) in [5, 5.41) is 0. The van der Waals surface area contributed by atoms with Crippen LogP contribution in [0.3, 0.4) is 0 Å². The SMILES string of the molecule is NNC(CC1Cc2ccccc21)c1cc2c(s1)CCSC2. The van der Waals surface area contributed by atoms with Gasteiger partial charge in [-0.3, -0.25) is 11.3 Å². The van der Waals surface area contributed by atoms with Crippen LogP contribution in [0, 0.1) is 0 Å². The number of rotatable bonds is 4. The lowest BCUT2D eigenvalue weighted by Gasteiger charge is -2.32. The van der Waals surface area contributed by atoms with Gasteiger partial charge < -0.3 is 0 Å². The predicted molar refractivity (Wildman–Crippen MR) is 91.8 cm³/mol. The molecule has 21 heavy (non-hydrogen) atoms. The molecule has 4 heteroatoms. The summed E-state index contributed by atoms with van der Waals surface area (Å²) in [5.74, 6) is 8.97. The number of aryl methyl sites for hydroxylation is 1. The first-order chi connectivity index (χ1) is 10.3. The molecule has 2 atom stereocenters. The van der Waals surface area contributed by atoms with Gasteiger partial charge in [-0.2, -0.15) is 11.8 Å². The minimum Gasteiger partial charge on any atom is -0.271 e. The molecule has 0 radical (unpaired) electrons. The highest BCUT2D eigenvalue weighted by Crippen LogP contribution is 2.42. The fraction of sp³-hybridized carbons (Fsp3) is 0.412. The molecule has 0 saturated heterocycles. The maximum atomic E-state index is 5.86. The highest BCUT2D eigenvalue weighted by molar-refractivity contribution is 7.98. The van der Waals surface area contributed by atoms with E-state index in [-0.39, 0.29) is 0 Å². The summed E-state index contributed by atoms with van der Waals surface area (Å²) in [7, 11) is 0. The van der Waals surface area contributed by atoms with E-state index in [2.05, 4.69) is 35.8 Å². The molecule has 1 aromatic carbocycles. The maximum absolute atomic E-state index is 5.86. The summed E-state index contributed by atoms with van der Waals surface area (Å²) >= 11 is 4.02. The van der Waals surface area contributed by atoms with Crippen LogP contribution in [0.2, 0.25) is 0 Å². The molecule has 1 aromatic heterocycles. The van der Waals surface area contributed by atoms with Gasteiger partial charge in [-0.25, -0.2) is 0 Å². The first-order valence-corrected chi connectivity index (χ1v) is 9.55. The smallest absolute Gasteiger partial charge is 0.0559 e. The summed E-state index contributed by atoms with van der Waals surface area (Å²) in [4.78, 5) is 3.01. The second kappa shape index (κ2) is 5.76. The first kappa shape index (κ1) is 13.8. The van der Waals surface area contributed by atoms with Crippen LogP contribution in [0.25, 0.3) is 0 Å². The van der Waals surface area contributed by atoms with Gasteiger partial charge in [0.15, 0.2) is 0 Å². The molecule has 2 unspecified atom stereocenters. The average Bonchev–Trinajstić information content (AvgIpc) is 2.92. The molecular formula is C17H20N2S2. The van der Waals surface area contributed by atoms with Crippen LogP contribution in [0.1, 0.15) is 44.8 Å². The third-order valence-corrected chi connectivity index (χ3v) is 7.03. The highest BCUT2D eigenvalue weighted by atomic mass is 32.2. The number of fused-ring (bicyclic) bond motifs is 2. The zero-order chi connectivity index (χ0) is 14.2. The Morgan fingerprint density at radius 2 is 2.19 bits per heavy atom. The molecule has 2 aliphatic rings. The Bertz CT molecular complexity index is 626. The van der Waals surface area contributed by atoms with E-state index in [1.165, 1.54) is 40.4 Å². The molecule has 110 valence electrons. The normalized spacial score (nSPS) is 21.3. The van der Waals surface area contributed by atoms with Crippen molar-refractivity contribution in [1.29, 1.82) is 0 Å². The second-order valence-corrected chi connectivity index (χ2v) is 8.23. The Hall–Kier alpha value is -0.810. The Kier molecular flexibility index (Phi) is 3.79. The molecule has 2 nitrogen and oxygen atoms in total. The molecule has 0 fully saturated rings. The van der Waals surface area contributed by atoms with E-state index < -0.39 is 0 Å². The van der Waals surface area contributed by atoms with Crippen LogP contribution >= 0.6 is 23.1 Å². The summed E-state index contributed by atoms with van der Waals surface area (Å²) < 4.78 is 0. The van der Waals surface area contributed by atoms with Gasteiger partial charge in [0.1, 0.15) is 0 Å². The van der Waals surface area contributed by atoms with Gasteiger partial charge >= 0.3 is 0 Å². The minimum absolute atomic E-state index is 0.295. The van der Waals surface area contributed by atoms with Crippen LogP contribution in [0.15, 0.2) is 30.3 Å². The Balaban J connectivity index is 1.52. The number of thiophene rings is 1. The molecule has 1 aliphatic heterocycles. The molecular weight excluding hydrogens is 296 g/mol. The van der Waals surface area contributed by atoms with Crippen molar-refractivity contribution in [3.63, 3.8) is 0 Å². The van der Waals surface area contributed by atoms with Crippen LogP contribution in [0.5, 0.6) is 0 Å². The Morgan fingerprint density at radius 3 is 3.00 bits per heavy atom. The van der Waals surface area contributed by atoms with E-state index in [4.69, 9.17) is 5.84 Å². The van der Waals surface area contributed by atoms with Crippen LogP contribution in [-0.4, -0.2) is 5.75 Å². The van der Waals surface area contributed by atoms with Gasteiger partial charge in [-0.1, -0.05) is 24.3 Å². The number of benzene rings is 1. The average molecular weight is 316 g/mol. The van der Waals surface area contributed by atoms with Crippen molar-refractivity contribution in [3.05, 3.63) is 56.8 Å². The molecule has 1 aliphatic carbocycles. The van der Waals surface area contributed by atoms with Gasteiger partial charge in [-0.15, -0.1) is 11.3 Å². The number of hydrogen-bond acceptors (Lipinski definition) is 4. The highest BCUT2D eigenvalue weighted by Gasteiger charge is 2.29. The largest absolute Gasteiger partial charge is 0.271 e. The molecule has 0 saturated carbocycles. The Morgan fingerprint density at radius 1 is 1.29 bits per heavy atom. The predicted octanol–water partition coefficient (Wildman–Crippen LogP) is 3.77. The molecule has 0 bridgehead atoms. The van der Waals surface area contributed by atoms with Gasteiger partial charge in [0.2, 0.25) is 0 Å². The van der Waals surface area contributed by atoms with Crippen molar-refractivity contribution in [2.75, 3.05) is 5.75 Å². The third kappa shape index (κ3) is 2.55. The van der Waals surface area contributed by atoms with Crippen molar-refractivity contribution >= 4 is 23.1 Å². The number of hydrazine groups is 1. The lowest BCUT2D eigenvalue weighted by atomic mass is 9.74. The lowest BCUT2D eigenvalue weighted by Crippen LogP contribution is -2.31.